The summed E-state index contributed by atoms with van der Waals surface area (Å²) >= 11 is 1.07. The molecule has 2 amide bonds. The highest BCUT2D eigenvalue weighted by atomic mass is 32.1. The fourth-order valence-electron chi connectivity index (χ4n) is 3.66. The minimum atomic E-state index is -2.74. The molecule has 0 radical (unpaired) electrons. The van der Waals surface area contributed by atoms with Crippen LogP contribution in [0.3, 0.4) is 0 Å². The Hall–Kier alpha value is -3.21. The molecule has 0 aliphatic carbocycles. The van der Waals surface area contributed by atoms with Crippen LogP contribution in [0.1, 0.15) is 35.4 Å². The van der Waals surface area contributed by atoms with E-state index in [-0.39, 0.29) is 29.3 Å². The number of alkyl halides is 2. The van der Waals surface area contributed by atoms with Crippen molar-refractivity contribution in [1.29, 1.82) is 0 Å². The van der Waals surface area contributed by atoms with E-state index in [1.807, 2.05) is 0 Å². The van der Waals surface area contributed by atoms with E-state index in [0.717, 1.165) is 15.9 Å². The van der Waals surface area contributed by atoms with Gasteiger partial charge in [0.15, 0.2) is 11.0 Å². The highest BCUT2D eigenvalue weighted by molar-refractivity contribution is 7.19. The van der Waals surface area contributed by atoms with Gasteiger partial charge in [-0.05, 0) is 44.0 Å². The number of hydrogen-bond donors (Lipinski definition) is 1. The Bertz CT molecular complexity index is 1130. The first-order chi connectivity index (χ1) is 15.3. The number of likely N-dealkylation sites (tertiary alicyclic amines) is 1. The zero-order chi connectivity index (χ0) is 22.8. The van der Waals surface area contributed by atoms with Crippen LogP contribution in [-0.2, 0) is 4.79 Å². The molecule has 1 aromatic carbocycles. The van der Waals surface area contributed by atoms with Crippen LogP contribution in [0, 0.1) is 18.7 Å². The predicted octanol–water partition coefficient (Wildman–Crippen LogP) is 4.34. The molecule has 2 aromatic heterocycles. The number of halogens is 3. The van der Waals surface area contributed by atoms with Crippen LogP contribution < -0.4 is 5.32 Å². The van der Waals surface area contributed by atoms with E-state index in [9.17, 15) is 22.8 Å². The number of anilines is 1. The van der Waals surface area contributed by atoms with Gasteiger partial charge in [0.05, 0.1) is 16.5 Å². The average molecular weight is 463 g/mol. The van der Waals surface area contributed by atoms with E-state index < -0.39 is 18.3 Å². The minimum absolute atomic E-state index is 0.0873. The van der Waals surface area contributed by atoms with Gasteiger partial charge < -0.3 is 10.2 Å². The van der Waals surface area contributed by atoms with E-state index >= 15 is 0 Å². The molecule has 1 aliphatic heterocycles. The van der Waals surface area contributed by atoms with Crippen molar-refractivity contribution in [3.63, 3.8) is 0 Å². The smallest absolute Gasteiger partial charge is 0.320 e. The third-order valence-corrected chi connectivity index (χ3v) is 6.35. The number of nitrogens with one attached hydrogen (secondary N) is 1. The minimum Gasteiger partial charge on any atom is -0.338 e. The molecular weight excluding hydrogens is 443 g/mol. The van der Waals surface area contributed by atoms with Crippen molar-refractivity contribution >= 4 is 28.3 Å². The predicted molar refractivity (Wildman–Crippen MR) is 113 cm³/mol. The van der Waals surface area contributed by atoms with Crippen LogP contribution in [0.15, 0.2) is 36.7 Å². The first kappa shape index (κ1) is 22.0. The third kappa shape index (κ3) is 4.52. The van der Waals surface area contributed by atoms with Crippen LogP contribution in [0.4, 0.5) is 18.3 Å². The van der Waals surface area contributed by atoms with Crippen molar-refractivity contribution in [1.82, 2.24) is 19.4 Å². The molecule has 3 aromatic rings. The maximum Gasteiger partial charge on any atom is 0.320 e. The summed E-state index contributed by atoms with van der Waals surface area (Å²) in [5.41, 5.74) is 0.845. The summed E-state index contributed by atoms with van der Waals surface area (Å²) in [6, 6.07) is 5.29. The number of rotatable bonds is 5. The molecule has 1 saturated heterocycles. The molecule has 32 heavy (non-hydrogen) atoms. The second-order valence-electron chi connectivity index (χ2n) is 7.46. The van der Waals surface area contributed by atoms with Crippen molar-refractivity contribution in [3.05, 3.63) is 53.7 Å². The molecule has 1 fully saturated rings. The van der Waals surface area contributed by atoms with Crippen molar-refractivity contribution < 1.29 is 22.8 Å². The molecule has 3 heterocycles. The summed E-state index contributed by atoms with van der Waals surface area (Å²) in [5, 5.41) is 3.03. The molecule has 4 rings (SSSR count). The maximum absolute atomic E-state index is 13.2. The van der Waals surface area contributed by atoms with Crippen LogP contribution >= 0.6 is 11.3 Å². The molecule has 1 N–H and O–H groups in total. The van der Waals surface area contributed by atoms with Crippen molar-refractivity contribution in [2.45, 2.75) is 26.3 Å². The topological polar surface area (TPSA) is 80.1 Å². The number of aryl methyl sites for hydroxylation is 1. The lowest BCUT2D eigenvalue weighted by Gasteiger charge is -2.32. The number of piperidine rings is 1. The molecule has 7 nitrogen and oxygen atoms in total. The van der Waals surface area contributed by atoms with Gasteiger partial charge >= 0.3 is 6.55 Å². The fraction of sp³-hybridized carbons (Fsp3) is 0.333. The Balaban J connectivity index is 1.44. The molecule has 1 atom stereocenters. The van der Waals surface area contributed by atoms with Gasteiger partial charge in [-0.3, -0.25) is 14.2 Å². The Kier molecular flexibility index (Phi) is 6.26. The van der Waals surface area contributed by atoms with E-state index in [1.54, 1.807) is 11.8 Å². The van der Waals surface area contributed by atoms with Gasteiger partial charge in [0, 0.05) is 31.0 Å². The van der Waals surface area contributed by atoms with Crippen LogP contribution in [0.2, 0.25) is 0 Å². The van der Waals surface area contributed by atoms with Crippen LogP contribution in [0.5, 0.6) is 0 Å². The van der Waals surface area contributed by atoms with Gasteiger partial charge in [-0.1, -0.05) is 11.3 Å². The number of nitrogens with zero attached hydrogens (tertiary/aromatic N) is 4. The molecule has 1 aliphatic rings. The van der Waals surface area contributed by atoms with Crippen molar-refractivity contribution in [2.75, 3.05) is 18.4 Å². The normalized spacial score (nSPS) is 16.4. The second kappa shape index (κ2) is 9.11. The maximum atomic E-state index is 13.2. The van der Waals surface area contributed by atoms with E-state index in [2.05, 4.69) is 15.3 Å². The number of carbonyl (C=O) groups is 2. The van der Waals surface area contributed by atoms with Crippen LogP contribution in [-0.4, -0.2) is 44.3 Å². The van der Waals surface area contributed by atoms with E-state index in [4.69, 9.17) is 0 Å². The summed E-state index contributed by atoms with van der Waals surface area (Å²) in [5.74, 6) is -1.33. The number of hydrogen-bond acceptors (Lipinski definition) is 5. The molecular formula is C21H20F3N5O2S. The summed E-state index contributed by atoms with van der Waals surface area (Å²) < 4.78 is 40.2. The van der Waals surface area contributed by atoms with Crippen LogP contribution in [0.25, 0.3) is 10.7 Å². The number of benzene rings is 1. The molecule has 1 unspecified atom stereocenters. The summed E-state index contributed by atoms with van der Waals surface area (Å²) in [6.45, 7) is -0.333. The molecule has 168 valence electrons. The summed E-state index contributed by atoms with van der Waals surface area (Å²) in [7, 11) is 0. The number of thiazole rings is 1. The number of aromatic nitrogens is 3. The Labute approximate surface area is 185 Å². The van der Waals surface area contributed by atoms with Gasteiger partial charge in [-0.15, -0.1) is 0 Å². The largest absolute Gasteiger partial charge is 0.338 e. The second-order valence-corrected chi connectivity index (χ2v) is 8.45. The van der Waals surface area contributed by atoms with Crippen molar-refractivity contribution in [3.8, 4) is 10.7 Å². The van der Waals surface area contributed by atoms with Gasteiger partial charge in [-0.2, -0.15) is 8.78 Å². The lowest BCUT2D eigenvalue weighted by molar-refractivity contribution is -0.121. The van der Waals surface area contributed by atoms with Gasteiger partial charge in [0.25, 0.3) is 5.91 Å². The SMILES string of the molecule is Cc1nc(NC(=O)C2CCCN(C(=O)c3ccc(F)cc3)C2)sc1-c1nccn1C(F)F. The first-order valence-corrected chi connectivity index (χ1v) is 10.8. The molecule has 0 spiro atoms. The van der Waals surface area contributed by atoms with E-state index in [1.165, 1.54) is 36.7 Å². The molecule has 0 saturated carbocycles. The summed E-state index contributed by atoms with van der Waals surface area (Å²) in [6.07, 6.45) is 3.73. The zero-order valence-electron chi connectivity index (χ0n) is 17.1. The lowest BCUT2D eigenvalue weighted by atomic mass is 9.96. The number of amides is 2. The number of imidazole rings is 1. The number of carbonyl (C=O) groups excluding carboxylic acids is 2. The fourth-order valence-corrected chi connectivity index (χ4v) is 4.63. The van der Waals surface area contributed by atoms with Gasteiger partial charge in [0.2, 0.25) is 5.91 Å². The molecule has 11 heteroatoms. The standard InChI is InChI=1S/C21H20F3N5O2S/c1-12-16(17-25-8-10-29(17)20(23)24)32-21(26-12)27-18(30)14-3-2-9-28(11-14)19(31)13-4-6-15(22)7-5-13/h4-8,10,14,20H,2-3,9,11H2,1H3,(H,26,27,30). The highest BCUT2D eigenvalue weighted by Gasteiger charge is 2.30. The highest BCUT2D eigenvalue weighted by Crippen LogP contribution is 2.34. The Morgan fingerprint density at radius 3 is 2.72 bits per heavy atom. The van der Waals surface area contributed by atoms with Gasteiger partial charge in [0.1, 0.15) is 5.82 Å². The lowest BCUT2D eigenvalue weighted by Crippen LogP contribution is -2.43. The van der Waals surface area contributed by atoms with Gasteiger partial charge in [-0.25, -0.2) is 14.4 Å². The Morgan fingerprint density at radius 2 is 2.00 bits per heavy atom. The first-order valence-electron chi connectivity index (χ1n) is 9.98. The quantitative estimate of drug-likeness (QED) is 0.611. The third-order valence-electron chi connectivity index (χ3n) is 5.28. The Morgan fingerprint density at radius 1 is 1.25 bits per heavy atom. The average Bonchev–Trinajstić information content (AvgIpc) is 3.40. The van der Waals surface area contributed by atoms with E-state index in [0.29, 0.717) is 35.5 Å². The monoisotopic (exact) mass is 463 g/mol. The summed E-state index contributed by atoms with van der Waals surface area (Å²) in [4.78, 5) is 35.8. The zero-order valence-corrected chi connectivity index (χ0v) is 17.9. The molecule has 0 bridgehead atoms. The van der Waals surface area contributed by atoms with Crippen molar-refractivity contribution in [2.24, 2.45) is 5.92 Å².